The molecule has 2 saturated carbocycles. The highest BCUT2D eigenvalue weighted by molar-refractivity contribution is 5.76. The van der Waals surface area contributed by atoms with Crippen molar-refractivity contribution in [3.8, 4) is 0 Å². The van der Waals surface area contributed by atoms with Gasteiger partial charge in [0.25, 0.3) is 0 Å². The lowest BCUT2D eigenvalue weighted by Gasteiger charge is -2.45. The molecule has 1 heterocycles. The molecule has 2 fully saturated rings. The molecule has 0 saturated heterocycles. The van der Waals surface area contributed by atoms with Gasteiger partial charge >= 0.3 is 0 Å². The quantitative estimate of drug-likeness (QED) is 0.819. The molecule has 2 atom stereocenters. The fourth-order valence-electron chi connectivity index (χ4n) is 5.14. The maximum Gasteiger partial charge on any atom is 0.220 e. The van der Waals surface area contributed by atoms with E-state index in [0.717, 1.165) is 31.5 Å². The summed E-state index contributed by atoms with van der Waals surface area (Å²) in [6.07, 6.45) is 7.20. The summed E-state index contributed by atoms with van der Waals surface area (Å²) >= 11 is 0. The van der Waals surface area contributed by atoms with Crippen LogP contribution in [0.3, 0.4) is 0 Å². The molecule has 0 spiro atoms. The highest BCUT2D eigenvalue weighted by atomic mass is 16.1. The van der Waals surface area contributed by atoms with Crippen LogP contribution in [0.4, 0.5) is 0 Å². The molecule has 3 N–H and O–H groups in total. The molecule has 0 radical (unpaired) electrons. The highest BCUT2D eigenvalue weighted by Crippen LogP contribution is 2.39. The second-order valence-electron chi connectivity index (χ2n) is 9.00. The van der Waals surface area contributed by atoms with E-state index in [1.807, 2.05) is 0 Å². The van der Waals surface area contributed by atoms with Gasteiger partial charge < -0.3 is 11.1 Å². The number of nitrogens with two attached hydrogens (primary N) is 1. The lowest BCUT2D eigenvalue weighted by molar-refractivity contribution is -0.123. The maximum atomic E-state index is 12.6. The van der Waals surface area contributed by atoms with Crippen molar-refractivity contribution in [2.75, 3.05) is 0 Å². The van der Waals surface area contributed by atoms with Crippen LogP contribution in [0.1, 0.15) is 69.3 Å². The minimum absolute atomic E-state index is 0.192. The summed E-state index contributed by atoms with van der Waals surface area (Å²) < 4.78 is 2.10. The standard InChI is InChI=1S/C21H36N4O/c1-13(2)12-25-15(4)19(14(3)24-25)8-9-20(26)23-21-16-6-5-7-17(21)11-18(22)10-16/h13,16-18,21H,5-12,22H2,1-4H3,(H,23,26). The largest absolute Gasteiger partial charge is 0.353 e. The van der Waals surface area contributed by atoms with Crippen molar-refractivity contribution in [3.05, 3.63) is 17.0 Å². The Hall–Kier alpha value is -1.36. The monoisotopic (exact) mass is 360 g/mol. The van der Waals surface area contributed by atoms with Crippen molar-refractivity contribution < 1.29 is 4.79 Å². The number of hydrogen-bond donors (Lipinski definition) is 2. The summed E-state index contributed by atoms with van der Waals surface area (Å²) in [6, 6.07) is 0.678. The van der Waals surface area contributed by atoms with Crippen LogP contribution in [0.5, 0.6) is 0 Å². The third-order valence-corrected chi connectivity index (χ3v) is 6.38. The predicted molar refractivity (Wildman–Crippen MR) is 105 cm³/mol. The number of aryl methyl sites for hydroxylation is 1. The number of nitrogens with zero attached hydrogens (tertiary/aromatic N) is 2. The van der Waals surface area contributed by atoms with Crippen LogP contribution in [0.25, 0.3) is 0 Å². The van der Waals surface area contributed by atoms with Crippen LogP contribution in [-0.4, -0.2) is 27.8 Å². The molecule has 26 heavy (non-hydrogen) atoms. The number of carbonyl (C=O) groups is 1. The SMILES string of the molecule is Cc1nn(CC(C)C)c(C)c1CCC(=O)NC1C2CCCC1CC(N)C2. The zero-order valence-electron chi connectivity index (χ0n) is 16.9. The summed E-state index contributed by atoms with van der Waals surface area (Å²) in [4.78, 5) is 12.6. The summed E-state index contributed by atoms with van der Waals surface area (Å²) in [7, 11) is 0. The highest BCUT2D eigenvalue weighted by Gasteiger charge is 2.39. The van der Waals surface area contributed by atoms with Crippen molar-refractivity contribution in [3.63, 3.8) is 0 Å². The number of hydrogen-bond acceptors (Lipinski definition) is 3. The van der Waals surface area contributed by atoms with Crippen LogP contribution >= 0.6 is 0 Å². The van der Waals surface area contributed by atoms with Gasteiger partial charge in [0.1, 0.15) is 0 Å². The first-order chi connectivity index (χ1) is 12.3. The molecule has 0 aliphatic heterocycles. The molecule has 2 aliphatic rings. The molecule has 5 nitrogen and oxygen atoms in total. The summed E-state index contributed by atoms with van der Waals surface area (Å²) in [5.41, 5.74) is 9.72. The second-order valence-corrected chi connectivity index (χ2v) is 9.00. The number of amides is 1. The smallest absolute Gasteiger partial charge is 0.220 e. The van der Waals surface area contributed by atoms with E-state index in [-0.39, 0.29) is 5.91 Å². The van der Waals surface area contributed by atoms with E-state index in [4.69, 9.17) is 5.73 Å². The Morgan fingerprint density at radius 3 is 2.54 bits per heavy atom. The Morgan fingerprint density at radius 2 is 1.92 bits per heavy atom. The third-order valence-electron chi connectivity index (χ3n) is 6.38. The van der Waals surface area contributed by atoms with E-state index in [0.29, 0.717) is 36.3 Å². The lowest BCUT2D eigenvalue weighted by atomic mass is 9.67. The Labute approximate surface area is 158 Å². The zero-order chi connectivity index (χ0) is 18.8. The van der Waals surface area contributed by atoms with E-state index in [2.05, 4.69) is 42.8 Å². The van der Waals surface area contributed by atoms with Gasteiger partial charge in [-0.15, -0.1) is 0 Å². The molecule has 2 bridgehead atoms. The molecule has 0 aromatic carbocycles. The average Bonchev–Trinajstić information content (AvgIpc) is 2.79. The Morgan fingerprint density at radius 1 is 1.27 bits per heavy atom. The number of carbonyl (C=O) groups excluding carboxylic acids is 1. The van der Waals surface area contributed by atoms with Crippen LogP contribution in [0.2, 0.25) is 0 Å². The van der Waals surface area contributed by atoms with Crippen LogP contribution in [-0.2, 0) is 17.8 Å². The summed E-state index contributed by atoms with van der Waals surface area (Å²) in [5.74, 6) is 1.93. The van der Waals surface area contributed by atoms with E-state index >= 15 is 0 Å². The first-order valence-electron chi connectivity index (χ1n) is 10.4. The van der Waals surface area contributed by atoms with Crippen molar-refractivity contribution in [2.45, 2.75) is 91.3 Å². The van der Waals surface area contributed by atoms with E-state index in [1.54, 1.807) is 0 Å². The number of fused-ring (bicyclic) bond motifs is 2. The van der Waals surface area contributed by atoms with Crippen LogP contribution in [0, 0.1) is 31.6 Å². The molecular weight excluding hydrogens is 324 g/mol. The average molecular weight is 361 g/mol. The molecule has 146 valence electrons. The van der Waals surface area contributed by atoms with Crippen molar-refractivity contribution in [2.24, 2.45) is 23.5 Å². The molecule has 2 unspecified atom stereocenters. The van der Waals surface area contributed by atoms with Gasteiger partial charge in [0.2, 0.25) is 5.91 Å². The normalized spacial score (nSPS) is 28.4. The fourth-order valence-corrected chi connectivity index (χ4v) is 5.14. The van der Waals surface area contributed by atoms with Crippen molar-refractivity contribution in [1.29, 1.82) is 0 Å². The Kier molecular flexibility index (Phi) is 6.06. The topological polar surface area (TPSA) is 72.9 Å². The summed E-state index contributed by atoms with van der Waals surface area (Å²) in [6.45, 7) is 9.53. The predicted octanol–water partition coefficient (Wildman–Crippen LogP) is 3.11. The van der Waals surface area contributed by atoms with Crippen molar-refractivity contribution in [1.82, 2.24) is 15.1 Å². The molecule has 5 heteroatoms. The van der Waals surface area contributed by atoms with Gasteiger partial charge in [0.05, 0.1) is 5.69 Å². The Bertz CT molecular complexity index is 622. The van der Waals surface area contributed by atoms with Crippen LogP contribution < -0.4 is 11.1 Å². The van der Waals surface area contributed by atoms with Gasteiger partial charge in [0, 0.05) is 30.7 Å². The van der Waals surface area contributed by atoms with Crippen molar-refractivity contribution >= 4 is 5.91 Å². The number of nitrogens with one attached hydrogen (secondary N) is 1. The third kappa shape index (κ3) is 4.30. The van der Waals surface area contributed by atoms with E-state index < -0.39 is 0 Å². The summed E-state index contributed by atoms with van der Waals surface area (Å²) in [5, 5.41) is 8.04. The molecule has 2 aliphatic carbocycles. The van der Waals surface area contributed by atoms with Gasteiger partial charge in [-0.3, -0.25) is 9.48 Å². The Balaban J connectivity index is 1.57. The minimum atomic E-state index is 0.192. The van der Waals surface area contributed by atoms with Crippen LogP contribution in [0.15, 0.2) is 0 Å². The second kappa shape index (κ2) is 8.12. The molecular formula is C21H36N4O. The van der Waals surface area contributed by atoms with Gasteiger partial charge in [-0.25, -0.2) is 0 Å². The van der Waals surface area contributed by atoms with Gasteiger partial charge in [-0.2, -0.15) is 5.10 Å². The molecule has 1 amide bonds. The van der Waals surface area contributed by atoms with E-state index in [9.17, 15) is 4.79 Å². The molecule has 3 rings (SSSR count). The fraction of sp³-hybridized carbons (Fsp3) is 0.810. The number of aromatic nitrogens is 2. The first-order valence-corrected chi connectivity index (χ1v) is 10.4. The van der Waals surface area contributed by atoms with Gasteiger partial charge in [-0.05, 0) is 69.3 Å². The van der Waals surface area contributed by atoms with E-state index in [1.165, 1.54) is 30.5 Å². The van der Waals surface area contributed by atoms with Gasteiger partial charge in [-0.1, -0.05) is 20.3 Å². The molecule has 1 aromatic heterocycles. The minimum Gasteiger partial charge on any atom is -0.353 e. The zero-order valence-corrected chi connectivity index (χ0v) is 16.9. The molecule has 1 aromatic rings. The number of rotatable bonds is 6. The first kappa shape index (κ1) is 19.4. The van der Waals surface area contributed by atoms with Gasteiger partial charge in [0.15, 0.2) is 0 Å². The lowest BCUT2D eigenvalue weighted by Crippen LogP contribution is -2.53. The maximum absolute atomic E-state index is 12.6.